The zero-order valence-corrected chi connectivity index (χ0v) is 12.5. The predicted molar refractivity (Wildman–Crippen MR) is 89.2 cm³/mol. The molecule has 1 unspecified atom stereocenters. The summed E-state index contributed by atoms with van der Waals surface area (Å²) in [6.07, 6.45) is 5.04. The molecule has 110 valence electrons. The summed E-state index contributed by atoms with van der Waals surface area (Å²) in [5.74, 6) is 0. The molecule has 1 aliphatic heterocycles. The van der Waals surface area contributed by atoms with Crippen molar-refractivity contribution in [1.29, 1.82) is 0 Å². The van der Waals surface area contributed by atoms with Gasteiger partial charge < -0.3 is 5.73 Å². The molecule has 0 aromatic heterocycles. The number of benzene rings is 2. The molecule has 2 heteroatoms. The van der Waals surface area contributed by atoms with Crippen LogP contribution in [0.2, 0.25) is 0 Å². The van der Waals surface area contributed by atoms with Crippen LogP contribution >= 0.6 is 0 Å². The Kier molecular flexibility index (Phi) is 4.56. The van der Waals surface area contributed by atoms with Gasteiger partial charge in [-0.25, -0.2) is 0 Å². The maximum absolute atomic E-state index is 5.81. The van der Waals surface area contributed by atoms with Gasteiger partial charge in [-0.15, -0.1) is 0 Å². The maximum Gasteiger partial charge on any atom is 0.0348 e. The molecule has 1 fully saturated rings. The maximum atomic E-state index is 5.81. The summed E-state index contributed by atoms with van der Waals surface area (Å²) in [6, 6.07) is 19.8. The van der Waals surface area contributed by atoms with Gasteiger partial charge in [0.05, 0.1) is 0 Å². The van der Waals surface area contributed by atoms with Crippen LogP contribution in [-0.2, 0) is 6.42 Å². The molecule has 0 spiro atoms. The highest BCUT2D eigenvalue weighted by Crippen LogP contribution is 2.31. The molecule has 0 bridgehead atoms. The lowest BCUT2D eigenvalue weighted by atomic mass is 9.94. The first-order valence-electron chi connectivity index (χ1n) is 7.96. The normalized spacial score (nSPS) is 19.5. The third-order valence-corrected chi connectivity index (χ3v) is 4.47. The Bertz CT molecular complexity index is 548. The standard InChI is InChI=1S/C19H24N2/c20-18-11-9-17(10-12-18)19-8-4-5-14-21(19)15-13-16-6-2-1-3-7-16/h1-3,6-7,9-12,19H,4-5,8,13-15,20H2. The van der Waals surface area contributed by atoms with Gasteiger partial charge in [-0.2, -0.15) is 0 Å². The lowest BCUT2D eigenvalue weighted by Crippen LogP contribution is -2.35. The summed E-state index contributed by atoms with van der Waals surface area (Å²) < 4.78 is 0. The molecule has 2 aromatic rings. The fraction of sp³-hybridized carbons (Fsp3) is 0.368. The molecule has 21 heavy (non-hydrogen) atoms. The summed E-state index contributed by atoms with van der Waals surface area (Å²) in [5.41, 5.74) is 9.51. The fourth-order valence-corrected chi connectivity index (χ4v) is 3.27. The van der Waals surface area contributed by atoms with E-state index in [-0.39, 0.29) is 0 Å². The van der Waals surface area contributed by atoms with Gasteiger partial charge in [-0.3, -0.25) is 4.90 Å². The Morgan fingerprint density at radius 1 is 0.952 bits per heavy atom. The van der Waals surface area contributed by atoms with Crippen molar-refractivity contribution in [3.63, 3.8) is 0 Å². The first-order chi connectivity index (χ1) is 10.3. The molecule has 2 N–H and O–H groups in total. The van der Waals surface area contributed by atoms with Crippen LogP contribution in [0, 0.1) is 0 Å². The van der Waals surface area contributed by atoms with Gasteiger partial charge >= 0.3 is 0 Å². The van der Waals surface area contributed by atoms with Gasteiger partial charge in [-0.05, 0) is 49.1 Å². The molecule has 1 aliphatic rings. The third kappa shape index (κ3) is 3.64. The number of nitrogen functional groups attached to an aromatic ring is 1. The van der Waals surface area contributed by atoms with Crippen molar-refractivity contribution in [3.8, 4) is 0 Å². The van der Waals surface area contributed by atoms with E-state index in [1.165, 1.54) is 36.9 Å². The van der Waals surface area contributed by atoms with Crippen molar-refractivity contribution in [3.05, 3.63) is 65.7 Å². The third-order valence-electron chi connectivity index (χ3n) is 4.47. The quantitative estimate of drug-likeness (QED) is 0.856. The van der Waals surface area contributed by atoms with Gasteiger partial charge in [0, 0.05) is 18.3 Å². The van der Waals surface area contributed by atoms with Crippen LogP contribution in [0.1, 0.15) is 36.4 Å². The minimum absolute atomic E-state index is 0.558. The van der Waals surface area contributed by atoms with Crippen molar-refractivity contribution in [1.82, 2.24) is 4.90 Å². The van der Waals surface area contributed by atoms with Gasteiger partial charge in [0.15, 0.2) is 0 Å². The van der Waals surface area contributed by atoms with Crippen molar-refractivity contribution >= 4 is 5.69 Å². The largest absolute Gasteiger partial charge is 0.399 e. The minimum Gasteiger partial charge on any atom is -0.399 e. The van der Waals surface area contributed by atoms with Crippen molar-refractivity contribution in [2.24, 2.45) is 0 Å². The van der Waals surface area contributed by atoms with E-state index in [1.807, 2.05) is 12.1 Å². The highest BCUT2D eigenvalue weighted by atomic mass is 15.2. The van der Waals surface area contributed by atoms with E-state index in [1.54, 1.807) is 0 Å². The molecule has 2 aromatic carbocycles. The zero-order chi connectivity index (χ0) is 14.5. The summed E-state index contributed by atoms with van der Waals surface area (Å²) in [6.45, 7) is 2.35. The fourth-order valence-electron chi connectivity index (χ4n) is 3.27. The van der Waals surface area contributed by atoms with Crippen LogP contribution in [-0.4, -0.2) is 18.0 Å². The number of rotatable bonds is 4. The molecule has 1 saturated heterocycles. The van der Waals surface area contributed by atoms with Crippen LogP contribution in [0.15, 0.2) is 54.6 Å². The van der Waals surface area contributed by atoms with E-state index >= 15 is 0 Å². The van der Waals surface area contributed by atoms with E-state index in [0.29, 0.717) is 6.04 Å². The second-order valence-electron chi connectivity index (χ2n) is 5.95. The average molecular weight is 280 g/mol. The van der Waals surface area contributed by atoms with Crippen LogP contribution in [0.4, 0.5) is 5.69 Å². The second kappa shape index (κ2) is 6.77. The molecule has 1 atom stereocenters. The minimum atomic E-state index is 0.558. The van der Waals surface area contributed by atoms with E-state index in [2.05, 4.69) is 47.4 Å². The SMILES string of the molecule is Nc1ccc(C2CCCCN2CCc2ccccc2)cc1. The lowest BCUT2D eigenvalue weighted by Gasteiger charge is -2.36. The molecule has 3 rings (SSSR count). The van der Waals surface area contributed by atoms with Gasteiger partial charge in [0.25, 0.3) is 0 Å². The molecule has 0 saturated carbocycles. The second-order valence-corrected chi connectivity index (χ2v) is 5.95. The topological polar surface area (TPSA) is 29.3 Å². The van der Waals surface area contributed by atoms with E-state index in [9.17, 15) is 0 Å². The zero-order valence-electron chi connectivity index (χ0n) is 12.5. The molecule has 2 nitrogen and oxygen atoms in total. The average Bonchev–Trinajstić information content (AvgIpc) is 2.55. The number of nitrogens with two attached hydrogens (primary N) is 1. The smallest absolute Gasteiger partial charge is 0.0348 e. The van der Waals surface area contributed by atoms with E-state index in [0.717, 1.165) is 18.7 Å². The first kappa shape index (κ1) is 14.2. The van der Waals surface area contributed by atoms with Crippen LogP contribution < -0.4 is 5.73 Å². The number of hydrogen-bond donors (Lipinski definition) is 1. The van der Waals surface area contributed by atoms with Crippen LogP contribution in [0.5, 0.6) is 0 Å². The Labute approximate surface area is 127 Å². The summed E-state index contributed by atoms with van der Waals surface area (Å²) in [4.78, 5) is 2.64. The first-order valence-corrected chi connectivity index (χ1v) is 7.96. The van der Waals surface area contributed by atoms with E-state index in [4.69, 9.17) is 5.73 Å². The van der Waals surface area contributed by atoms with Crippen LogP contribution in [0.25, 0.3) is 0 Å². The highest BCUT2D eigenvalue weighted by molar-refractivity contribution is 5.40. The Morgan fingerprint density at radius 3 is 2.48 bits per heavy atom. The van der Waals surface area contributed by atoms with Crippen molar-refractivity contribution in [2.45, 2.75) is 31.7 Å². The summed E-state index contributed by atoms with van der Waals surface area (Å²) >= 11 is 0. The number of likely N-dealkylation sites (tertiary alicyclic amines) is 1. The lowest BCUT2D eigenvalue weighted by molar-refractivity contribution is 0.150. The van der Waals surface area contributed by atoms with Crippen molar-refractivity contribution < 1.29 is 0 Å². The van der Waals surface area contributed by atoms with E-state index < -0.39 is 0 Å². The van der Waals surface area contributed by atoms with Gasteiger partial charge in [-0.1, -0.05) is 48.9 Å². The number of nitrogens with zero attached hydrogens (tertiary/aromatic N) is 1. The Hall–Kier alpha value is -1.80. The van der Waals surface area contributed by atoms with Crippen molar-refractivity contribution in [2.75, 3.05) is 18.8 Å². The monoisotopic (exact) mass is 280 g/mol. The molecular weight excluding hydrogens is 256 g/mol. The summed E-state index contributed by atoms with van der Waals surface area (Å²) in [5, 5.41) is 0. The molecule has 1 heterocycles. The van der Waals surface area contributed by atoms with Crippen LogP contribution in [0.3, 0.4) is 0 Å². The Balaban J connectivity index is 1.68. The number of hydrogen-bond acceptors (Lipinski definition) is 2. The predicted octanol–water partition coefficient (Wildman–Crippen LogP) is 4.04. The van der Waals surface area contributed by atoms with Gasteiger partial charge in [0.2, 0.25) is 0 Å². The molecule has 0 aliphatic carbocycles. The molecule has 0 radical (unpaired) electrons. The highest BCUT2D eigenvalue weighted by Gasteiger charge is 2.23. The number of piperidine rings is 1. The summed E-state index contributed by atoms with van der Waals surface area (Å²) in [7, 11) is 0. The molecule has 0 amide bonds. The molecular formula is C19H24N2. The Morgan fingerprint density at radius 2 is 1.71 bits per heavy atom. The van der Waals surface area contributed by atoms with Gasteiger partial charge in [0.1, 0.15) is 0 Å². The number of anilines is 1.